The van der Waals surface area contributed by atoms with Crippen LogP contribution < -0.4 is 9.62 Å². The molecule has 0 aromatic heterocycles. The summed E-state index contributed by atoms with van der Waals surface area (Å²) in [6.07, 6.45) is 0.305. The number of nitrogens with one attached hydrogen (secondary N) is 1. The quantitative estimate of drug-likeness (QED) is 0.279. The summed E-state index contributed by atoms with van der Waals surface area (Å²) < 4.78 is 43.1. The first kappa shape index (κ1) is 31.3. The van der Waals surface area contributed by atoms with Gasteiger partial charge in [0.15, 0.2) is 0 Å². The largest absolute Gasteiger partial charge is 0.354 e. The molecular weight excluding hydrogens is 597 g/mol. The van der Waals surface area contributed by atoms with Gasteiger partial charge in [0.25, 0.3) is 10.0 Å². The maximum absolute atomic E-state index is 14.0. The number of aryl methyl sites for hydroxylation is 1. The van der Waals surface area contributed by atoms with Crippen LogP contribution in [0.25, 0.3) is 0 Å². The molecule has 3 rings (SSSR count). The fourth-order valence-electron chi connectivity index (χ4n) is 4.10. The molecule has 0 spiro atoms. The molecule has 7 nitrogen and oxygen atoms in total. The molecule has 0 heterocycles. The molecule has 0 bridgehead atoms. The van der Waals surface area contributed by atoms with Crippen molar-refractivity contribution in [3.63, 3.8) is 0 Å². The molecular formula is C30H35BrFN3O4S. The van der Waals surface area contributed by atoms with Gasteiger partial charge >= 0.3 is 0 Å². The van der Waals surface area contributed by atoms with E-state index in [2.05, 4.69) is 21.2 Å². The summed E-state index contributed by atoms with van der Waals surface area (Å²) in [6, 6.07) is 17.8. The number of benzene rings is 3. The van der Waals surface area contributed by atoms with Gasteiger partial charge in [-0.05, 0) is 73.4 Å². The lowest BCUT2D eigenvalue weighted by atomic mass is 10.1. The van der Waals surface area contributed by atoms with Crippen molar-refractivity contribution < 1.29 is 22.4 Å². The number of sulfonamides is 1. The predicted molar refractivity (Wildman–Crippen MR) is 159 cm³/mol. The third-order valence-corrected chi connectivity index (χ3v) is 8.66. The summed E-state index contributed by atoms with van der Waals surface area (Å²) >= 11 is 3.37. The van der Waals surface area contributed by atoms with E-state index in [4.69, 9.17) is 0 Å². The van der Waals surface area contributed by atoms with Gasteiger partial charge in [-0.15, -0.1) is 0 Å². The number of hydrogen-bond donors (Lipinski definition) is 1. The fourth-order valence-corrected chi connectivity index (χ4v) is 5.78. The van der Waals surface area contributed by atoms with E-state index in [9.17, 15) is 22.4 Å². The Morgan fingerprint density at radius 3 is 2.10 bits per heavy atom. The molecule has 214 valence electrons. The van der Waals surface area contributed by atoms with E-state index in [-0.39, 0.29) is 23.3 Å². The fraction of sp³-hybridized carbons (Fsp3) is 0.333. The molecule has 0 saturated heterocycles. The molecule has 1 atom stereocenters. The minimum atomic E-state index is -4.14. The Bertz CT molecular complexity index is 1400. The van der Waals surface area contributed by atoms with Gasteiger partial charge in [-0.3, -0.25) is 13.9 Å². The monoisotopic (exact) mass is 631 g/mol. The van der Waals surface area contributed by atoms with Crippen molar-refractivity contribution in [1.29, 1.82) is 0 Å². The minimum absolute atomic E-state index is 0.00543. The van der Waals surface area contributed by atoms with Crippen LogP contribution in [0.2, 0.25) is 0 Å². The van der Waals surface area contributed by atoms with Crippen LogP contribution in [0, 0.1) is 18.7 Å². The lowest BCUT2D eigenvalue weighted by Gasteiger charge is -2.33. The van der Waals surface area contributed by atoms with Crippen molar-refractivity contribution >= 4 is 43.5 Å². The van der Waals surface area contributed by atoms with Crippen LogP contribution in [0.4, 0.5) is 10.1 Å². The van der Waals surface area contributed by atoms with Crippen molar-refractivity contribution in [3.05, 3.63) is 94.2 Å². The van der Waals surface area contributed by atoms with E-state index in [1.807, 2.05) is 20.8 Å². The zero-order valence-electron chi connectivity index (χ0n) is 23.1. The molecule has 10 heteroatoms. The summed E-state index contributed by atoms with van der Waals surface area (Å²) in [6.45, 7) is 7.48. The minimum Gasteiger partial charge on any atom is -0.354 e. The SMILES string of the molecule is CCC(C(=O)NCC(C)C)N(Cc1ccc(F)cc1)C(=O)CN(c1ccc(Br)cc1)S(=O)(=O)c1ccc(C)cc1. The van der Waals surface area contributed by atoms with Gasteiger partial charge in [0.2, 0.25) is 11.8 Å². The number of anilines is 1. The van der Waals surface area contributed by atoms with Gasteiger partial charge in [-0.25, -0.2) is 12.8 Å². The molecule has 0 aliphatic rings. The topological polar surface area (TPSA) is 86.8 Å². The summed E-state index contributed by atoms with van der Waals surface area (Å²) in [5, 5.41) is 2.89. The Kier molecular flexibility index (Phi) is 10.9. The van der Waals surface area contributed by atoms with Crippen LogP contribution in [0.5, 0.6) is 0 Å². The van der Waals surface area contributed by atoms with Crippen molar-refractivity contribution in [2.45, 2.75) is 51.6 Å². The summed E-state index contributed by atoms with van der Waals surface area (Å²) in [4.78, 5) is 28.6. The first-order valence-corrected chi connectivity index (χ1v) is 15.3. The highest BCUT2D eigenvalue weighted by atomic mass is 79.9. The number of hydrogen-bond acceptors (Lipinski definition) is 4. The molecule has 1 unspecified atom stereocenters. The second-order valence-electron chi connectivity index (χ2n) is 10.0. The number of halogens is 2. The number of amides is 2. The highest BCUT2D eigenvalue weighted by Crippen LogP contribution is 2.26. The van der Waals surface area contributed by atoms with E-state index >= 15 is 0 Å². The van der Waals surface area contributed by atoms with E-state index in [1.165, 1.54) is 29.2 Å². The third kappa shape index (κ3) is 8.14. The van der Waals surface area contributed by atoms with Crippen molar-refractivity contribution in [2.75, 3.05) is 17.4 Å². The maximum atomic E-state index is 14.0. The maximum Gasteiger partial charge on any atom is 0.264 e. The van der Waals surface area contributed by atoms with Crippen LogP contribution in [0.1, 0.15) is 38.3 Å². The second kappa shape index (κ2) is 13.9. The van der Waals surface area contributed by atoms with Gasteiger partial charge in [0.05, 0.1) is 10.6 Å². The molecule has 0 radical (unpaired) electrons. The molecule has 40 heavy (non-hydrogen) atoms. The number of nitrogens with zero attached hydrogens (tertiary/aromatic N) is 2. The van der Waals surface area contributed by atoms with Gasteiger partial charge < -0.3 is 10.2 Å². The second-order valence-corrected chi connectivity index (χ2v) is 12.8. The van der Waals surface area contributed by atoms with Gasteiger partial charge in [-0.2, -0.15) is 0 Å². The zero-order chi connectivity index (χ0) is 29.4. The Balaban J connectivity index is 2.03. The Hall–Kier alpha value is -3.24. The predicted octanol–water partition coefficient (Wildman–Crippen LogP) is 5.67. The van der Waals surface area contributed by atoms with E-state index in [0.29, 0.717) is 24.2 Å². The summed E-state index contributed by atoms with van der Waals surface area (Å²) in [5.74, 6) is -1.11. The molecule has 0 saturated carbocycles. The molecule has 0 aliphatic carbocycles. The Labute approximate surface area is 244 Å². The molecule has 2 amide bonds. The average molecular weight is 633 g/mol. The molecule has 3 aromatic carbocycles. The lowest BCUT2D eigenvalue weighted by molar-refractivity contribution is -0.140. The first-order chi connectivity index (χ1) is 18.9. The van der Waals surface area contributed by atoms with E-state index in [1.54, 1.807) is 55.5 Å². The normalized spacial score (nSPS) is 12.2. The molecule has 0 fully saturated rings. The van der Waals surface area contributed by atoms with Crippen molar-refractivity contribution in [3.8, 4) is 0 Å². The van der Waals surface area contributed by atoms with Gasteiger partial charge in [0, 0.05) is 17.6 Å². The van der Waals surface area contributed by atoms with Crippen LogP contribution in [0.3, 0.4) is 0 Å². The highest BCUT2D eigenvalue weighted by molar-refractivity contribution is 9.10. The van der Waals surface area contributed by atoms with Gasteiger partial charge in [0.1, 0.15) is 18.4 Å². The van der Waals surface area contributed by atoms with Crippen LogP contribution in [0.15, 0.2) is 82.2 Å². The number of rotatable bonds is 12. The van der Waals surface area contributed by atoms with Crippen molar-refractivity contribution in [2.24, 2.45) is 5.92 Å². The van der Waals surface area contributed by atoms with Gasteiger partial charge in [-0.1, -0.05) is 66.5 Å². The van der Waals surface area contributed by atoms with E-state index < -0.39 is 34.3 Å². The number of carbonyl (C=O) groups excluding carboxylic acids is 2. The standard InChI is InChI=1S/C30H35BrFN3O4S/c1-5-28(30(37)33-18-21(2)3)34(19-23-8-12-25(32)13-9-23)29(36)20-35(26-14-10-24(31)11-15-26)40(38,39)27-16-6-22(4)7-17-27/h6-17,21,28H,5,18-20H2,1-4H3,(H,33,37). The van der Waals surface area contributed by atoms with Crippen molar-refractivity contribution in [1.82, 2.24) is 10.2 Å². The lowest BCUT2D eigenvalue weighted by Crippen LogP contribution is -2.52. The first-order valence-electron chi connectivity index (χ1n) is 13.1. The number of carbonyl (C=O) groups is 2. The summed E-state index contributed by atoms with van der Waals surface area (Å²) in [5.41, 5.74) is 1.81. The molecule has 3 aromatic rings. The van der Waals surface area contributed by atoms with E-state index in [0.717, 1.165) is 14.3 Å². The summed E-state index contributed by atoms with van der Waals surface area (Å²) in [7, 11) is -4.14. The Morgan fingerprint density at radius 1 is 0.950 bits per heavy atom. The average Bonchev–Trinajstić information content (AvgIpc) is 2.92. The van der Waals surface area contributed by atoms with Crippen LogP contribution in [-0.4, -0.2) is 44.3 Å². The molecule has 1 N–H and O–H groups in total. The zero-order valence-corrected chi connectivity index (χ0v) is 25.5. The van der Waals surface area contributed by atoms with Crippen LogP contribution >= 0.6 is 15.9 Å². The van der Waals surface area contributed by atoms with Crippen LogP contribution in [-0.2, 0) is 26.2 Å². The molecule has 0 aliphatic heterocycles. The Morgan fingerprint density at radius 2 is 1.55 bits per heavy atom. The third-order valence-electron chi connectivity index (χ3n) is 6.34. The highest BCUT2D eigenvalue weighted by Gasteiger charge is 2.33. The smallest absolute Gasteiger partial charge is 0.264 e.